The molecule has 1 aliphatic heterocycles. The van der Waals surface area contributed by atoms with Gasteiger partial charge in [0.15, 0.2) is 5.65 Å². The van der Waals surface area contributed by atoms with Gasteiger partial charge in [0.2, 0.25) is 0 Å². The Morgan fingerprint density at radius 2 is 1.86 bits per heavy atom. The van der Waals surface area contributed by atoms with Gasteiger partial charge in [-0.3, -0.25) is 4.40 Å². The summed E-state index contributed by atoms with van der Waals surface area (Å²) in [6, 6.07) is 19.9. The number of urea groups is 1. The lowest BCUT2D eigenvalue weighted by atomic mass is 9.97. The van der Waals surface area contributed by atoms with Crippen LogP contribution in [-0.4, -0.2) is 38.6 Å². The highest BCUT2D eigenvalue weighted by Crippen LogP contribution is 2.28. The van der Waals surface area contributed by atoms with E-state index in [1.165, 1.54) is 0 Å². The largest absolute Gasteiger partial charge is 0.324 e. The van der Waals surface area contributed by atoms with Crippen LogP contribution in [0.1, 0.15) is 24.6 Å². The Hall–Kier alpha value is -3.41. The first-order chi connectivity index (χ1) is 13.8. The average Bonchev–Trinajstić information content (AvgIpc) is 3.18. The summed E-state index contributed by atoms with van der Waals surface area (Å²) < 4.78 is 2.02. The Kier molecular flexibility index (Phi) is 4.16. The number of amides is 2. The van der Waals surface area contributed by atoms with Gasteiger partial charge in [0.1, 0.15) is 5.82 Å². The van der Waals surface area contributed by atoms with Crippen LogP contribution in [0, 0.1) is 0 Å². The molecule has 4 aromatic rings. The smallest absolute Gasteiger partial charge is 0.321 e. The molecule has 2 aromatic carbocycles. The Morgan fingerprint density at radius 3 is 2.82 bits per heavy atom. The van der Waals surface area contributed by atoms with Crippen molar-refractivity contribution in [3.05, 3.63) is 72.7 Å². The zero-order chi connectivity index (χ0) is 18.9. The van der Waals surface area contributed by atoms with Crippen LogP contribution in [0.4, 0.5) is 10.5 Å². The van der Waals surface area contributed by atoms with E-state index in [1.54, 1.807) is 0 Å². The standard InChI is InChI=1S/C22H21N5O/c28-22(23-19-11-5-8-16-7-1-2-10-18(16)19)26-13-6-9-17(15-26)21-25-24-20-12-3-4-14-27(20)21/h1-5,7-8,10-12,14,17H,6,9,13,15H2,(H,23,28). The second-order valence-electron chi connectivity index (χ2n) is 7.23. The SMILES string of the molecule is O=C(Nc1cccc2ccccc12)N1CCCC(c2nnc3ccccn23)C1. The van der Waals surface area contributed by atoms with Crippen molar-refractivity contribution in [2.24, 2.45) is 0 Å². The van der Waals surface area contributed by atoms with Crippen LogP contribution in [0.2, 0.25) is 0 Å². The highest BCUT2D eigenvalue weighted by molar-refractivity contribution is 6.01. The number of anilines is 1. The lowest BCUT2D eigenvalue weighted by molar-refractivity contribution is 0.191. The molecule has 1 aliphatic rings. The average molecular weight is 371 g/mol. The number of benzene rings is 2. The third kappa shape index (κ3) is 2.97. The fourth-order valence-electron chi connectivity index (χ4n) is 4.04. The van der Waals surface area contributed by atoms with Crippen LogP contribution >= 0.6 is 0 Å². The van der Waals surface area contributed by atoms with Crippen molar-refractivity contribution < 1.29 is 4.79 Å². The predicted octanol–water partition coefficient (Wildman–Crippen LogP) is 4.29. The predicted molar refractivity (Wildman–Crippen MR) is 110 cm³/mol. The van der Waals surface area contributed by atoms with Gasteiger partial charge in [0.25, 0.3) is 0 Å². The number of likely N-dealkylation sites (tertiary alicyclic amines) is 1. The topological polar surface area (TPSA) is 62.5 Å². The molecule has 140 valence electrons. The van der Waals surface area contributed by atoms with E-state index in [1.807, 2.05) is 64.0 Å². The van der Waals surface area contributed by atoms with E-state index < -0.39 is 0 Å². The molecule has 1 N–H and O–H groups in total. The van der Waals surface area contributed by atoms with Crippen LogP contribution in [0.25, 0.3) is 16.4 Å². The summed E-state index contributed by atoms with van der Waals surface area (Å²) in [5.41, 5.74) is 1.69. The molecule has 3 heterocycles. The zero-order valence-corrected chi connectivity index (χ0v) is 15.5. The van der Waals surface area contributed by atoms with E-state index in [4.69, 9.17) is 0 Å². The van der Waals surface area contributed by atoms with E-state index >= 15 is 0 Å². The summed E-state index contributed by atoms with van der Waals surface area (Å²) in [5.74, 6) is 1.11. The lowest BCUT2D eigenvalue weighted by Crippen LogP contribution is -2.42. The van der Waals surface area contributed by atoms with Crippen molar-refractivity contribution >= 4 is 28.1 Å². The molecular weight excluding hydrogens is 350 g/mol. The van der Waals surface area contributed by atoms with Crippen molar-refractivity contribution in [2.75, 3.05) is 18.4 Å². The van der Waals surface area contributed by atoms with Gasteiger partial charge >= 0.3 is 6.03 Å². The number of carbonyl (C=O) groups is 1. The molecule has 28 heavy (non-hydrogen) atoms. The minimum absolute atomic E-state index is 0.0603. The number of piperidine rings is 1. The Morgan fingerprint density at radius 1 is 1.00 bits per heavy atom. The summed E-state index contributed by atoms with van der Waals surface area (Å²) in [4.78, 5) is 14.9. The molecule has 1 atom stereocenters. The normalized spacial score (nSPS) is 17.1. The highest BCUT2D eigenvalue weighted by Gasteiger charge is 2.28. The summed E-state index contributed by atoms with van der Waals surface area (Å²) in [7, 11) is 0. The number of aromatic nitrogens is 3. The number of carbonyl (C=O) groups excluding carboxylic acids is 1. The van der Waals surface area contributed by atoms with E-state index in [0.29, 0.717) is 6.54 Å². The molecule has 5 rings (SSSR count). The lowest BCUT2D eigenvalue weighted by Gasteiger charge is -2.32. The Labute approximate surface area is 162 Å². The summed E-state index contributed by atoms with van der Waals surface area (Å²) in [5, 5.41) is 13.9. The summed E-state index contributed by atoms with van der Waals surface area (Å²) >= 11 is 0. The maximum atomic E-state index is 13.0. The molecule has 2 aromatic heterocycles. The van der Waals surface area contributed by atoms with Gasteiger partial charge in [-0.1, -0.05) is 42.5 Å². The maximum Gasteiger partial charge on any atom is 0.321 e. The molecule has 2 amide bonds. The van der Waals surface area contributed by atoms with Crippen molar-refractivity contribution in [2.45, 2.75) is 18.8 Å². The molecule has 0 radical (unpaired) electrons. The van der Waals surface area contributed by atoms with Crippen LogP contribution in [0.5, 0.6) is 0 Å². The Bertz CT molecular complexity index is 1150. The quantitative estimate of drug-likeness (QED) is 0.572. The van der Waals surface area contributed by atoms with Crippen LogP contribution < -0.4 is 5.32 Å². The fraction of sp³-hybridized carbons (Fsp3) is 0.227. The van der Waals surface area contributed by atoms with Crippen molar-refractivity contribution in [3.8, 4) is 0 Å². The van der Waals surface area contributed by atoms with Crippen LogP contribution in [0.15, 0.2) is 66.9 Å². The molecular formula is C22H21N5O. The number of pyridine rings is 1. The number of hydrogen-bond donors (Lipinski definition) is 1. The Balaban J connectivity index is 1.37. The van der Waals surface area contributed by atoms with Gasteiger partial charge in [-0.2, -0.15) is 0 Å². The van der Waals surface area contributed by atoms with Gasteiger partial charge < -0.3 is 10.2 Å². The molecule has 1 saturated heterocycles. The van der Waals surface area contributed by atoms with Crippen LogP contribution in [0.3, 0.4) is 0 Å². The molecule has 6 nitrogen and oxygen atoms in total. The number of nitrogens with zero attached hydrogens (tertiary/aromatic N) is 4. The monoisotopic (exact) mass is 371 g/mol. The van der Waals surface area contributed by atoms with Crippen molar-refractivity contribution in [1.29, 1.82) is 0 Å². The maximum absolute atomic E-state index is 13.0. The van der Waals surface area contributed by atoms with Gasteiger partial charge in [-0.05, 0) is 36.4 Å². The van der Waals surface area contributed by atoms with E-state index in [0.717, 1.165) is 47.3 Å². The molecule has 0 saturated carbocycles. The zero-order valence-electron chi connectivity index (χ0n) is 15.5. The first-order valence-electron chi connectivity index (χ1n) is 9.63. The van der Waals surface area contributed by atoms with Gasteiger partial charge in [0, 0.05) is 30.6 Å². The van der Waals surface area contributed by atoms with Gasteiger partial charge in [-0.15, -0.1) is 10.2 Å². The third-order valence-corrected chi connectivity index (χ3v) is 5.45. The van der Waals surface area contributed by atoms with E-state index in [9.17, 15) is 4.79 Å². The molecule has 6 heteroatoms. The first-order valence-corrected chi connectivity index (χ1v) is 9.63. The number of hydrogen-bond acceptors (Lipinski definition) is 3. The molecule has 0 aliphatic carbocycles. The molecule has 0 spiro atoms. The van der Waals surface area contributed by atoms with Gasteiger partial charge in [-0.25, -0.2) is 4.79 Å². The number of nitrogens with one attached hydrogen (secondary N) is 1. The molecule has 1 fully saturated rings. The van der Waals surface area contributed by atoms with E-state index in [-0.39, 0.29) is 11.9 Å². The molecule has 1 unspecified atom stereocenters. The molecule has 0 bridgehead atoms. The summed E-state index contributed by atoms with van der Waals surface area (Å²) in [6.45, 7) is 1.40. The first kappa shape index (κ1) is 16.7. The van der Waals surface area contributed by atoms with Crippen molar-refractivity contribution in [3.63, 3.8) is 0 Å². The summed E-state index contributed by atoms with van der Waals surface area (Å²) in [6.07, 6.45) is 3.95. The van der Waals surface area contributed by atoms with Crippen LogP contribution in [-0.2, 0) is 0 Å². The second kappa shape index (κ2) is 6.96. The fourth-order valence-corrected chi connectivity index (χ4v) is 4.04. The minimum atomic E-state index is -0.0603. The number of fused-ring (bicyclic) bond motifs is 2. The minimum Gasteiger partial charge on any atom is -0.324 e. The third-order valence-electron chi connectivity index (χ3n) is 5.45. The second-order valence-corrected chi connectivity index (χ2v) is 7.23. The van der Waals surface area contributed by atoms with Crippen molar-refractivity contribution in [1.82, 2.24) is 19.5 Å². The highest BCUT2D eigenvalue weighted by atomic mass is 16.2. The van der Waals surface area contributed by atoms with E-state index in [2.05, 4.69) is 27.6 Å². The van der Waals surface area contributed by atoms with Gasteiger partial charge in [0.05, 0.1) is 5.69 Å². The number of rotatable bonds is 2.